The van der Waals surface area contributed by atoms with E-state index in [1.165, 1.54) is 66.6 Å². The van der Waals surface area contributed by atoms with Crippen LogP contribution in [-0.4, -0.2) is 8.11 Å². The highest BCUT2D eigenvalue weighted by Crippen LogP contribution is 2.30. The lowest BCUT2D eigenvalue weighted by atomic mass is 9.93. The molecule has 0 nitrogen and oxygen atoms in total. The molecule has 0 aliphatic carbocycles. The van der Waals surface area contributed by atoms with Gasteiger partial charge >= 0.3 is 0 Å². The molecule has 1 saturated heterocycles. The summed E-state index contributed by atoms with van der Waals surface area (Å²) in [5.41, 5.74) is 6.02. The normalized spacial score (nSPS) is 19.5. The van der Waals surface area contributed by atoms with Gasteiger partial charge in [0.1, 0.15) is 13.9 Å². The largest absolute Gasteiger partial charge is 0.207 e. The predicted molar refractivity (Wildman–Crippen MR) is 121 cm³/mol. The molecule has 1 aliphatic heterocycles. The Morgan fingerprint density at radius 3 is 1.64 bits per heavy atom. The Balaban J connectivity index is 1.37. The van der Waals surface area contributed by atoms with Gasteiger partial charge in [-0.3, -0.25) is 0 Å². The molecule has 0 unspecified atom stereocenters. The zero-order valence-corrected chi connectivity index (χ0v) is 18.0. The van der Waals surface area contributed by atoms with E-state index in [4.69, 9.17) is 11.1 Å². The molecule has 28 heavy (non-hydrogen) atoms. The first kappa shape index (κ1) is 19.4. The predicted octanol–water partition coefficient (Wildman–Crippen LogP) is 7.46. The summed E-state index contributed by atoms with van der Waals surface area (Å²) in [7, 11) is -0.844. The fourth-order valence-corrected chi connectivity index (χ4v) is 6.85. The molecule has 0 atom stereocenters. The van der Waals surface area contributed by atoms with Gasteiger partial charge in [-0.1, -0.05) is 73.5 Å². The third kappa shape index (κ3) is 4.92. The Bertz CT molecular complexity index is 879. The van der Waals surface area contributed by atoms with E-state index in [0.29, 0.717) is 0 Å². The van der Waals surface area contributed by atoms with E-state index in [1.54, 1.807) is 0 Å². The Hall–Kier alpha value is -1.90. The fourth-order valence-electron chi connectivity index (χ4n) is 4.14. The monoisotopic (exact) mass is 408 g/mol. The summed E-state index contributed by atoms with van der Waals surface area (Å²) in [6.45, 7) is 0. The second-order valence-electron chi connectivity index (χ2n) is 7.94. The molecule has 0 radical (unpaired) electrons. The lowest BCUT2D eigenvalue weighted by molar-refractivity contribution is 0.440. The Kier molecular flexibility index (Phi) is 6.28. The number of hydrogen-bond donors (Lipinski definition) is 0. The van der Waals surface area contributed by atoms with Crippen LogP contribution >= 0.6 is 11.1 Å². The topological polar surface area (TPSA) is 0 Å². The van der Waals surface area contributed by atoms with E-state index in [0.717, 1.165) is 17.0 Å². The highest BCUT2D eigenvalue weighted by Gasteiger charge is 2.20. The van der Waals surface area contributed by atoms with Crippen LogP contribution in [0.3, 0.4) is 0 Å². The molecular weight excluding hydrogens is 383 g/mol. The molecule has 3 aromatic rings. The first-order valence-electron chi connectivity index (χ1n) is 10.3. The lowest BCUT2D eigenvalue weighted by Crippen LogP contribution is -2.16. The zero-order valence-electron chi connectivity index (χ0n) is 16.1. The van der Waals surface area contributed by atoms with Crippen molar-refractivity contribution in [1.29, 1.82) is 0 Å². The number of rotatable bonds is 5. The zero-order chi connectivity index (χ0) is 19.3. The molecule has 1 fully saturated rings. The first-order chi connectivity index (χ1) is 13.7. The number of benzene rings is 3. The van der Waals surface area contributed by atoms with Crippen LogP contribution < -0.4 is 0 Å². The lowest BCUT2D eigenvalue weighted by Gasteiger charge is -2.24. The molecule has 0 amide bonds. The molecule has 0 bridgehead atoms. The van der Waals surface area contributed by atoms with E-state index in [2.05, 4.69) is 48.5 Å². The maximum absolute atomic E-state index is 13.1. The SMILES string of the molecule is Fc1ccc(-c2ccc(-c3ccc(CCC4CC[SiH](Cl)CC4)cc3)cc2)cc1. The van der Waals surface area contributed by atoms with Gasteiger partial charge in [0.05, 0.1) is 0 Å². The molecular formula is C25H26ClFSi. The van der Waals surface area contributed by atoms with Crippen LogP contribution in [0.5, 0.6) is 0 Å². The minimum atomic E-state index is -0.844. The summed E-state index contributed by atoms with van der Waals surface area (Å²) in [4.78, 5) is 0. The van der Waals surface area contributed by atoms with Crippen LogP contribution in [0.4, 0.5) is 4.39 Å². The Morgan fingerprint density at radius 1 is 0.714 bits per heavy atom. The summed E-state index contributed by atoms with van der Waals surface area (Å²) in [5, 5.41) is 0. The van der Waals surface area contributed by atoms with E-state index in [1.807, 2.05) is 12.1 Å². The van der Waals surface area contributed by atoms with Crippen molar-refractivity contribution < 1.29 is 4.39 Å². The van der Waals surface area contributed by atoms with Gasteiger partial charge in [0.25, 0.3) is 0 Å². The van der Waals surface area contributed by atoms with Crippen LogP contribution in [0.25, 0.3) is 22.3 Å². The Morgan fingerprint density at radius 2 is 1.14 bits per heavy atom. The second kappa shape index (κ2) is 9.06. The molecule has 0 spiro atoms. The van der Waals surface area contributed by atoms with Gasteiger partial charge in [0.2, 0.25) is 0 Å². The van der Waals surface area contributed by atoms with Crippen LogP contribution in [0.2, 0.25) is 12.1 Å². The maximum atomic E-state index is 13.1. The van der Waals surface area contributed by atoms with Crippen molar-refractivity contribution in [3.63, 3.8) is 0 Å². The molecule has 4 rings (SSSR count). The quantitative estimate of drug-likeness (QED) is 0.303. The van der Waals surface area contributed by atoms with E-state index < -0.39 is 8.11 Å². The summed E-state index contributed by atoms with van der Waals surface area (Å²) >= 11 is 6.35. The third-order valence-electron chi connectivity index (χ3n) is 5.97. The van der Waals surface area contributed by atoms with Crippen LogP contribution in [0, 0.1) is 11.7 Å². The van der Waals surface area contributed by atoms with Gasteiger partial charge in [0.15, 0.2) is 0 Å². The highest BCUT2D eigenvalue weighted by molar-refractivity contribution is 7.07. The van der Waals surface area contributed by atoms with Crippen molar-refractivity contribution in [2.45, 2.75) is 37.8 Å². The summed E-state index contributed by atoms with van der Waals surface area (Å²) < 4.78 is 13.1. The molecule has 3 heteroatoms. The van der Waals surface area contributed by atoms with Gasteiger partial charge < -0.3 is 0 Å². The number of hydrogen-bond acceptors (Lipinski definition) is 0. The van der Waals surface area contributed by atoms with Crippen molar-refractivity contribution in [2.75, 3.05) is 0 Å². The van der Waals surface area contributed by atoms with E-state index in [-0.39, 0.29) is 5.82 Å². The van der Waals surface area contributed by atoms with Crippen LogP contribution in [-0.2, 0) is 6.42 Å². The van der Waals surface area contributed by atoms with Crippen molar-refractivity contribution in [3.05, 3.63) is 84.2 Å². The van der Waals surface area contributed by atoms with Gasteiger partial charge in [-0.25, -0.2) is 4.39 Å². The van der Waals surface area contributed by atoms with Crippen molar-refractivity contribution in [2.24, 2.45) is 5.92 Å². The van der Waals surface area contributed by atoms with E-state index >= 15 is 0 Å². The molecule has 1 heterocycles. The number of aryl methyl sites for hydroxylation is 1. The van der Waals surface area contributed by atoms with Gasteiger partial charge in [-0.05, 0) is 70.8 Å². The maximum Gasteiger partial charge on any atom is 0.141 e. The molecule has 3 aromatic carbocycles. The molecule has 0 N–H and O–H groups in total. The minimum absolute atomic E-state index is 0.200. The van der Waals surface area contributed by atoms with Gasteiger partial charge in [-0.15, -0.1) is 0 Å². The first-order valence-corrected chi connectivity index (χ1v) is 13.6. The summed E-state index contributed by atoms with van der Waals surface area (Å²) in [6, 6.07) is 26.8. The standard InChI is InChI=1S/C25H26ClFSi/c26-28-17-15-20(16-18-28)2-1-19-3-5-21(6-4-19)22-7-9-23(10-8-22)24-11-13-25(27)14-12-24/h3-14,20,28H,1-2,15-18H2. The van der Waals surface area contributed by atoms with Crippen LogP contribution in [0.15, 0.2) is 72.8 Å². The molecule has 144 valence electrons. The minimum Gasteiger partial charge on any atom is -0.207 e. The fraction of sp³-hybridized carbons (Fsp3) is 0.280. The summed E-state index contributed by atoms with van der Waals surface area (Å²) in [6.07, 6.45) is 5.16. The van der Waals surface area contributed by atoms with Crippen LogP contribution in [0.1, 0.15) is 24.8 Å². The smallest absolute Gasteiger partial charge is 0.141 e. The van der Waals surface area contributed by atoms with Gasteiger partial charge in [-0.2, -0.15) is 11.1 Å². The van der Waals surface area contributed by atoms with E-state index in [9.17, 15) is 4.39 Å². The average molecular weight is 409 g/mol. The van der Waals surface area contributed by atoms with Gasteiger partial charge in [0, 0.05) is 0 Å². The van der Waals surface area contributed by atoms with Crippen molar-refractivity contribution in [3.8, 4) is 22.3 Å². The average Bonchev–Trinajstić information content (AvgIpc) is 2.74. The molecule has 0 saturated carbocycles. The number of halogens is 2. The molecule has 1 aliphatic rings. The second-order valence-corrected chi connectivity index (χ2v) is 12.1. The molecule has 0 aromatic heterocycles. The van der Waals surface area contributed by atoms with Crippen molar-refractivity contribution in [1.82, 2.24) is 0 Å². The Labute approximate surface area is 173 Å². The third-order valence-corrected chi connectivity index (χ3v) is 9.20. The van der Waals surface area contributed by atoms with Crippen molar-refractivity contribution >= 4 is 19.2 Å². The summed E-state index contributed by atoms with van der Waals surface area (Å²) in [5.74, 6) is 0.676. The highest BCUT2D eigenvalue weighted by atomic mass is 35.6.